The lowest BCUT2D eigenvalue weighted by Crippen LogP contribution is -2.30. The summed E-state index contributed by atoms with van der Waals surface area (Å²) in [5, 5.41) is 6.28. The minimum absolute atomic E-state index is 0.0883. The maximum absolute atomic E-state index is 12.3. The van der Waals surface area contributed by atoms with Crippen molar-refractivity contribution in [2.45, 2.75) is 31.9 Å². The topological polar surface area (TPSA) is 67.4 Å². The summed E-state index contributed by atoms with van der Waals surface area (Å²) in [4.78, 5) is 24.3. The van der Waals surface area contributed by atoms with Gasteiger partial charge in [-0.1, -0.05) is 11.6 Å². The van der Waals surface area contributed by atoms with Crippen LogP contribution in [0.25, 0.3) is 0 Å². The van der Waals surface area contributed by atoms with Crippen molar-refractivity contribution in [3.8, 4) is 5.75 Å². The molecule has 0 radical (unpaired) electrons. The van der Waals surface area contributed by atoms with Gasteiger partial charge in [-0.05, 0) is 78.2 Å². The molecule has 0 spiro atoms. The summed E-state index contributed by atoms with van der Waals surface area (Å²) in [6.07, 6.45) is 1.38. The number of halogens is 2. The first-order valence-corrected chi connectivity index (χ1v) is 9.43. The SMILES string of the molecule is C[C@@H](Oc1ccc(Cl)cc1Br)C(=O)Nc1ccc(C(=O)NC2CC2)cc1. The molecule has 0 unspecified atom stereocenters. The summed E-state index contributed by atoms with van der Waals surface area (Å²) in [6.45, 7) is 1.66. The van der Waals surface area contributed by atoms with Crippen LogP contribution in [0.15, 0.2) is 46.9 Å². The Kier molecular flexibility index (Phi) is 5.84. The van der Waals surface area contributed by atoms with Gasteiger partial charge in [-0.2, -0.15) is 0 Å². The van der Waals surface area contributed by atoms with Gasteiger partial charge in [-0.3, -0.25) is 9.59 Å². The molecular formula is C19H18BrClN2O3. The number of anilines is 1. The number of carbonyl (C=O) groups excluding carboxylic acids is 2. The van der Waals surface area contributed by atoms with Crippen molar-refractivity contribution < 1.29 is 14.3 Å². The number of nitrogens with one attached hydrogen (secondary N) is 2. The molecule has 2 N–H and O–H groups in total. The van der Waals surface area contributed by atoms with Crippen LogP contribution in [0, 0.1) is 0 Å². The molecule has 0 bridgehead atoms. The molecule has 1 fully saturated rings. The third-order valence-electron chi connectivity index (χ3n) is 3.89. The molecule has 1 aliphatic carbocycles. The number of carbonyl (C=O) groups is 2. The third-order valence-corrected chi connectivity index (χ3v) is 4.75. The third kappa shape index (κ3) is 4.99. The lowest BCUT2D eigenvalue weighted by molar-refractivity contribution is -0.122. The van der Waals surface area contributed by atoms with E-state index in [-0.39, 0.29) is 11.8 Å². The molecule has 5 nitrogen and oxygen atoms in total. The highest BCUT2D eigenvalue weighted by atomic mass is 79.9. The maximum Gasteiger partial charge on any atom is 0.265 e. The molecule has 1 atom stereocenters. The molecule has 136 valence electrons. The number of ether oxygens (including phenoxy) is 1. The van der Waals surface area contributed by atoms with E-state index in [1.807, 2.05) is 0 Å². The van der Waals surface area contributed by atoms with E-state index < -0.39 is 6.10 Å². The largest absolute Gasteiger partial charge is 0.480 e. The van der Waals surface area contributed by atoms with Crippen LogP contribution in [0.2, 0.25) is 5.02 Å². The van der Waals surface area contributed by atoms with Crippen LogP contribution in [0.1, 0.15) is 30.1 Å². The molecule has 2 aromatic carbocycles. The van der Waals surface area contributed by atoms with Gasteiger partial charge >= 0.3 is 0 Å². The van der Waals surface area contributed by atoms with Crippen LogP contribution in [0.4, 0.5) is 5.69 Å². The van der Waals surface area contributed by atoms with Crippen LogP contribution in [-0.4, -0.2) is 24.0 Å². The molecular weight excluding hydrogens is 420 g/mol. The Balaban J connectivity index is 1.57. The zero-order valence-corrected chi connectivity index (χ0v) is 16.4. The standard InChI is InChI=1S/C19H18BrClN2O3/c1-11(26-17-9-4-13(21)10-16(17)20)18(24)22-14-5-2-12(3-6-14)19(25)23-15-7-8-15/h2-6,9-11,15H,7-8H2,1H3,(H,22,24)(H,23,25)/t11-/m1/s1. The lowest BCUT2D eigenvalue weighted by atomic mass is 10.2. The van der Waals surface area contributed by atoms with E-state index in [1.165, 1.54) is 0 Å². The summed E-state index contributed by atoms with van der Waals surface area (Å²) in [6, 6.07) is 12.2. The Morgan fingerprint density at radius 3 is 2.50 bits per heavy atom. The highest BCUT2D eigenvalue weighted by Crippen LogP contribution is 2.29. The van der Waals surface area contributed by atoms with Crippen molar-refractivity contribution in [3.63, 3.8) is 0 Å². The summed E-state index contributed by atoms with van der Waals surface area (Å²) < 4.78 is 6.34. The first kappa shape index (κ1) is 18.7. The molecule has 0 heterocycles. The number of benzene rings is 2. The van der Waals surface area contributed by atoms with Crippen molar-refractivity contribution >= 4 is 45.0 Å². The van der Waals surface area contributed by atoms with Crippen molar-refractivity contribution in [1.82, 2.24) is 5.32 Å². The average molecular weight is 438 g/mol. The summed E-state index contributed by atoms with van der Waals surface area (Å²) >= 11 is 9.25. The van der Waals surface area contributed by atoms with Crippen LogP contribution >= 0.6 is 27.5 Å². The second kappa shape index (κ2) is 8.10. The fourth-order valence-electron chi connectivity index (χ4n) is 2.26. The van der Waals surface area contributed by atoms with Gasteiger partial charge in [0.2, 0.25) is 0 Å². The molecule has 2 aromatic rings. The second-order valence-electron chi connectivity index (χ2n) is 6.15. The Hall–Kier alpha value is -2.05. The van der Waals surface area contributed by atoms with E-state index in [0.717, 1.165) is 12.8 Å². The second-order valence-corrected chi connectivity index (χ2v) is 7.44. The molecule has 0 saturated heterocycles. The smallest absolute Gasteiger partial charge is 0.265 e. The first-order valence-electron chi connectivity index (χ1n) is 8.26. The molecule has 26 heavy (non-hydrogen) atoms. The van der Waals surface area contributed by atoms with Gasteiger partial charge in [0.15, 0.2) is 6.10 Å². The van der Waals surface area contributed by atoms with Crippen molar-refractivity contribution in [2.75, 3.05) is 5.32 Å². The monoisotopic (exact) mass is 436 g/mol. The van der Waals surface area contributed by atoms with Gasteiger partial charge < -0.3 is 15.4 Å². The quantitative estimate of drug-likeness (QED) is 0.704. The zero-order chi connectivity index (χ0) is 18.7. The van der Waals surface area contributed by atoms with Crippen LogP contribution in [0.3, 0.4) is 0 Å². The highest BCUT2D eigenvalue weighted by Gasteiger charge is 2.23. The van der Waals surface area contributed by atoms with Gasteiger partial charge in [0.1, 0.15) is 5.75 Å². The van der Waals surface area contributed by atoms with Crippen LogP contribution in [-0.2, 0) is 4.79 Å². The van der Waals surface area contributed by atoms with Crippen molar-refractivity contribution in [3.05, 3.63) is 57.5 Å². The molecule has 1 aliphatic rings. The Morgan fingerprint density at radius 1 is 1.19 bits per heavy atom. The fraction of sp³-hybridized carbons (Fsp3) is 0.263. The molecule has 0 aliphatic heterocycles. The Labute approximate surface area is 165 Å². The van der Waals surface area contributed by atoms with E-state index >= 15 is 0 Å². The molecule has 2 amide bonds. The zero-order valence-electron chi connectivity index (χ0n) is 14.1. The Morgan fingerprint density at radius 2 is 1.88 bits per heavy atom. The minimum atomic E-state index is -0.703. The predicted octanol–water partition coefficient (Wildman–Crippen LogP) is 4.40. The number of hydrogen-bond donors (Lipinski definition) is 2. The molecule has 3 rings (SSSR count). The normalized spacial score (nSPS) is 14.4. The molecule has 0 aromatic heterocycles. The summed E-state index contributed by atoms with van der Waals surface area (Å²) in [5.41, 5.74) is 1.17. The van der Waals surface area contributed by atoms with Gasteiger partial charge in [-0.25, -0.2) is 0 Å². The first-order chi connectivity index (χ1) is 12.4. The summed E-state index contributed by atoms with van der Waals surface area (Å²) in [7, 11) is 0. The van der Waals surface area contributed by atoms with E-state index in [9.17, 15) is 9.59 Å². The van der Waals surface area contributed by atoms with Crippen LogP contribution in [0.5, 0.6) is 5.75 Å². The van der Waals surface area contributed by atoms with Gasteiger partial charge in [0.05, 0.1) is 4.47 Å². The number of amides is 2. The molecule has 1 saturated carbocycles. The summed E-state index contributed by atoms with van der Waals surface area (Å²) in [5.74, 6) is 0.154. The van der Waals surface area contributed by atoms with E-state index in [0.29, 0.717) is 32.5 Å². The Bertz CT molecular complexity index is 822. The van der Waals surface area contributed by atoms with E-state index in [1.54, 1.807) is 49.4 Å². The minimum Gasteiger partial charge on any atom is -0.480 e. The van der Waals surface area contributed by atoms with E-state index in [2.05, 4.69) is 26.6 Å². The van der Waals surface area contributed by atoms with Gasteiger partial charge in [0.25, 0.3) is 11.8 Å². The van der Waals surface area contributed by atoms with Gasteiger partial charge in [0, 0.05) is 22.3 Å². The number of hydrogen-bond acceptors (Lipinski definition) is 3. The van der Waals surface area contributed by atoms with Gasteiger partial charge in [-0.15, -0.1) is 0 Å². The highest BCUT2D eigenvalue weighted by molar-refractivity contribution is 9.10. The predicted molar refractivity (Wildman–Crippen MR) is 105 cm³/mol. The van der Waals surface area contributed by atoms with Crippen molar-refractivity contribution in [2.24, 2.45) is 0 Å². The van der Waals surface area contributed by atoms with Crippen LogP contribution < -0.4 is 15.4 Å². The fourth-order valence-corrected chi connectivity index (χ4v) is 3.04. The lowest BCUT2D eigenvalue weighted by Gasteiger charge is -2.16. The maximum atomic E-state index is 12.3. The average Bonchev–Trinajstić information content (AvgIpc) is 3.41. The van der Waals surface area contributed by atoms with E-state index in [4.69, 9.17) is 16.3 Å². The molecule has 7 heteroatoms. The van der Waals surface area contributed by atoms with Crippen molar-refractivity contribution in [1.29, 1.82) is 0 Å². The number of rotatable bonds is 6.